The minimum absolute atomic E-state index is 0.305. The maximum Gasteiger partial charge on any atom is 0.226 e. The molecule has 1 aromatic carbocycles. The van der Waals surface area contributed by atoms with Crippen molar-refractivity contribution in [3.05, 3.63) is 35.4 Å². The first kappa shape index (κ1) is 7.88. The average molecular weight is 211 g/mol. The molecule has 3 fully saturated rings. The summed E-state index contributed by atoms with van der Waals surface area (Å²) in [5.41, 5.74) is 3.02. The molecule has 6 rings (SSSR count). The molecule has 80 valence electrons. The van der Waals surface area contributed by atoms with Crippen molar-refractivity contribution in [1.82, 2.24) is 5.32 Å². The third kappa shape index (κ3) is 0.649. The molecule has 0 aromatic heterocycles. The minimum Gasteiger partial charge on any atom is -0.352 e. The summed E-state index contributed by atoms with van der Waals surface area (Å²) in [6, 6.07) is 9.27. The summed E-state index contributed by atoms with van der Waals surface area (Å²) in [5.74, 6) is 3.50. The Balaban J connectivity index is 1.79. The lowest BCUT2D eigenvalue weighted by Gasteiger charge is -2.54. The Bertz CT molecular complexity index is 523. The van der Waals surface area contributed by atoms with E-state index in [0.717, 1.165) is 11.8 Å². The van der Waals surface area contributed by atoms with Crippen molar-refractivity contribution in [2.24, 2.45) is 17.8 Å². The fraction of sp³-hybridized carbons (Fsp3) is 0.500. The van der Waals surface area contributed by atoms with Gasteiger partial charge in [-0.1, -0.05) is 24.3 Å². The van der Waals surface area contributed by atoms with Crippen LogP contribution >= 0.6 is 0 Å². The second kappa shape index (κ2) is 2.20. The molecule has 1 amide bonds. The summed E-state index contributed by atoms with van der Waals surface area (Å²) in [5, 5.41) is 3.14. The zero-order valence-corrected chi connectivity index (χ0v) is 8.89. The molecule has 1 N–H and O–H groups in total. The second-order valence-corrected chi connectivity index (χ2v) is 5.80. The van der Waals surface area contributed by atoms with E-state index < -0.39 is 0 Å². The van der Waals surface area contributed by atoms with Crippen molar-refractivity contribution in [2.45, 2.75) is 24.3 Å². The summed E-state index contributed by atoms with van der Waals surface area (Å²) in [6.07, 6.45) is 1.35. The number of amides is 1. The van der Waals surface area contributed by atoms with E-state index in [4.69, 9.17) is 0 Å². The predicted molar refractivity (Wildman–Crippen MR) is 58.9 cm³/mol. The van der Waals surface area contributed by atoms with Crippen LogP contribution in [-0.4, -0.2) is 11.9 Å². The Kier molecular flexibility index (Phi) is 1.08. The van der Waals surface area contributed by atoms with Crippen LogP contribution in [0.3, 0.4) is 0 Å². The van der Waals surface area contributed by atoms with Gasteiger partial charge >= 0.3 is 0 Å². The second-order valence-electron chi connectivity index (χ2n) is 5.80. The first-order chi connectivity index (χ1) is 7.86. The number of rotatable bonds is 0. The molecule has 6 atom stereocenters. The topological polar surface area (TPSA) is 29.1 Å². The van der Waals surface area contributed by atoms with E-state index in [-0.39, 0.29) is 0 Å². The van der Waals surface area contributed by atoms with Crippen molar-refractivity contribution >= 4 is 5.91 Å². The standard InChI is InChI=1S/C14H13NO/c16-14-12-10-6-3-1-2-4-7(6)11(13(12)15-14)9-5-8(9)10/h1-4,8-13H,5H2,(H,15,16)/t8-,9-,10-,11-,12-,13-/m0/s1. The number of β-lactam (4-membered cyclic amide) rings is 1. The fourth-order valence-corrected chi connectivity index (χ4v) is 4.68. The molecule has 1 aliphatic heterocycles. The normalized spacial score (nSPS) is 49.6. The Labute approximate surface area is 94.0 Å². The highest BCUT2D eigenvalue weighted by Gasteiger charge is 2.68. The molecule has 2 saturated carbocycles. The molecule has 2 nitrogen and oxygen atoms in total. The van der Waals surface area contributed by atoms with E-state index in [0.29, 0.717) is 29.7 Å². The van der Waals surface area contributed by atoms with Crippen LogP contribution in [0.25, 0.3) is 0 Å². The Morgan fingerprint density at radius 1 is 1.00 bits per heavy atom. The zero-order chi connectivity index (χ0) is 10.4. The molecule has 2 heteroatoms. The van der Waals surface area contributed by atoms with Gasteiger partial charge in [-0.15, -0.1) is 0 Å². The van der Waals surface area contributed by atoms with Crippen molar-refractivity contribution < 1.29 is 4.79 Å². The number of benzene rings is 1. The lowest BCUT2D eigenvalue weighted by molar-refractivity contribution is -0.140. The van der Waals surface area contributed by atoms with Crippen LogP contribution in [-0.2, 0) is 4.79 Å². The van der Waals surface area contributed by atoms with Crippen LogP contribution in [0.15, 0.2) is 24.3 Å². The molecule has 1 saturated heterocycles. The van der Waals surface area contributed by atoms with Gasteiger partial charge in [0.25, 0.3) is 0 Å². The van der Waals surface area contributed by atoms with E-state index in [1.807, 2.05) is 0 Å². The third-order valence-electron chi connectivity index (χ3n) is 5.30. The Hall–Kier alpha value is -1.31. The summed E-state index contributed by atoms with van der Waals surface area (Å²) in [4.78, 5) is 11.7. The Morgan fingerprint density at radius 3 is 2.44 bits per heavy atom. The SMILES string of the molecule is O=C1N[C@@H]2[C@@H]1[C@H]1c3ccccc3[C@H]2[C@H]2C[C@@H]21. The molecule has 1 heterocycles. The van der Waals surface area contributed by atoms with Gasteiger partial charge in [0.05, 0.1) is 5.92 Å². The van der Waals surface area contributed by atoms with Gasteiger partial charge in [0.2, 0.25) is 5.91 Å². The van der Waals surface area contributed by atoms with Crippen molar-refractivity contribution in [3.63, 3.8) is 0 Å². The molecular formula is C14H13NO. The summed E-state index contributed by atoms with van der Waals surface area (Å²) in [6.45, 7) is 0. The molecule has 2 bridgehead atoms. The fourth-order valence-electron chi connectivity index (χ4n) is 4.68. The van der Waals surface area contributed by atoms with E-state index in [1.54, 1.807) is 0 Å². The van der Waals surface area contributed by atoms with E-state index in [1.165, 1.54) is 17.5 Å². The van der Waals surface area contributed by atoms with Gasteiger partial charge in [-0.2, -0.15) is 0 Å². The molecule has 16 heavy (non-hydrogen) atoms. The average Bonchev–Trinajstić information content (AvgIpc) is 3.07. The van der Waals surface area contributed by atoms with E-state index in [2.05, 4.69) is 29.6 Å². The highest BCUT2D eigenvalue weighted by Crippen LogP contribution is 2.70. The molecule has 0 spiro atoms. The first-order valence-electron chi connectivity index (χ1n) is 6.25. The molecule has 5 aliphatic rings. The quantitative estimate of drug-likeness (QED) is 0.649. The van der Waals surface area contributed by atoms with Gasteiger partial charge in [-0.05, 0) is 29.4 Å². The number of nitrogens with one attached hydrogen (secondary N) is 1. The van der Waals surface area contributed by atoms with Gasteiger partial charge in [0, 0.05) is 17.9 Å². The zero-order valence-electron chi connectivity index (χ0n) is 8.89. The number of carbonyl (C=O) groups is 1. The molecule has 1 aromatic rings. The number of hydrogen-bond donors (Lipinski definition) is 1. The van der Waals surface area contributed by atoms with Gasteiger partial charge in [0.1, 0.15) is 0 Å². The van der Waals surface area contributed by atoms with Crippen LogP contribution in [0.2, 0.25) is 0 Å². The van der Waals surface area contributed by atoms with Gasteiger partial charge in [0.15, 0.2) is 0 Å². The number of hydrogen-bond acceptors (Lipinski definition) is 1. The maximum absolute atomic E-state index is 11.7. The van der Waals surface area contributed by atoms with Gasteiger partial charge in [-0.25, -0.2) is 0 Å². The summed E-state index contributed by atoms with van der Waals surface area (Å²) >= 11 is 0. The van der Waals surface area contributed by atoms with Crippen molar-refractivity contribution in [1.29, 1.82) is 0 Å². The lowest BCUT2D eigenvalue weighted by atomic mass is 9.56. The minimum atomic E-state index is 0.305. The van der Waals surface area contributed by atoms with Crippen LogP contribution in [0.4, 0.5) is 0 Å². The highest BCUT2D eigenvalue weighted by atomic mass is 16.2. The predicted octanol–water partition coefficient (Wildman–Crippen LogP) is 1.63. The van der Waals surface area contributed by atoms with E-state index in [9.17, 15) is 4.79 Å². The molecular weight excluding hydrogens is 198 g/mol. The van der Waals surface area contributed by atoms with Gasteiger partial charge in [-0.3, -0.25) is 4.79 Å². The molecule has 4 aliphatic carbocycles. The van der Waals surface area contributed by atoms with Crippen LogP contribution in [0, 0.1) is 17.8 Å². The lowest BCUT2D eigenvalue weighted by Crippen LogP contribution is -2.67. The van der Waals surface area contributed by atoms with Crippen LogP contribution in [0.5, 0.6) is 0 Å². The Morgan fingerprint density at radius 2 is 1.69 bits per heavy atom. The maximum atomic E-state index is 11.7. The molecule has 0 unspecified atom stereocenters. The smallest absolute Gasteiger partial charge is 0.226 e. The van der Waals surface area contributed by atoms with Crippen molar-refractivity contribution in [3.8, 4) is 0 Å². The van der Waals surface area contributed by atoms with E-state index >= 15 is 0 Å². The summed E-state index contributed by atoms with van der Waals surface area (Å²) in [7, 11) is 0. The molecule has 0 radical (unpaired) electrons. The van der Waals surface area contributed by atoms with Crippen LogP contribution < -0.4 is 5.32 Å². The van der Waals surface area contributed by atoms with Crippen LogP contribution in [0.1, 0.15) is 29.4 Å². The monoisotopic (exact) mass is 211 g/mol. The van der Waals surface area contributed by atoms with Gasteiger partial charge < -0.3 is 5.32 Å². The number of carbonyl (C=O) groups excluding carboxylic acids is 1. The highest BCUT2D eigenvalue weighted by molar-refractivity contribution is 5.89. The first-order valence-corrected chi connectivity index (χ1v) is 6.25. The summed E-state index contributed by atoms with van der Waals surface area (Å²) < 4.78 is 0. The largest absolute Gasteiger partial charge is 0.352 e. The third-order valence-corrected chi connectivity index (χ3v) is 5.30. The van der Waals surface area contributed by atoms with Crippen molar-refractivity contribution in [2.75, 3.05) is 0 Å².